The van der Waals surface area contributed by atoms with Crippen LogP contribution < -0.4 is 14.8 Å². The van der Waals surface area contributed by atoms with Crippen LogP contribution in [0.4, 0.5) is 0 Å². The second-order valence-electron chi connectivity index (χ2n) is 3.90. The summed E-state index contributed by atoms with van der Waals surface area (Å²) in [6, 6.07) is 7.38. The lowest BCUT2D eigenvalue weighted by atomic mass is 10.3. The Kier molecular flexibility index (Phi) is 7.44. The maximum absolute atomic E-state index is 11.3. The fourth-order valence-corrected chi connectivity index (χ4v) is 1.43. The minimum atomic E-state index is -0.0233. The number of benzene rings is 1. The minimum absolute atomic E-state index is 0.0233. The molecule has 0 unspecified atom stereocenters. The second-order valence-corrected chi connectivity index (χ2v) is 3.90. The molecule has 106 valence electrons. The Bertz CT molecular complexity index is 500. The van der Waals surface area contributed by atoms with E-state index >= 15 is 0 Å². The molecule has 0 aromatic heterocycles. The molecule has 0 heterocycles. The molecule has 0 spiro atoms. The monoisotopic (exact) mass is 273 g/mol. The van der Waals surface area contributed by atoms with Crippen molar-refractivity contribution in [3.8, 4) is 23.3 Å². The first kappa shape index (κ1) is 15.6. The van der Waals surface area contributed by atoms with Crippen molar-refractivity contribution in [1.29, 1.82) is 0 Å². The lowest BCUT2D eigenvalue weighted by Gasteiger charge is -2.07. The smallest absolute Gasteiger partial charge is 0.221 e. The number of rotatable bonds is 7. The van der Waals surface area contributed by atoms with Crippen LogP contribution in [0.25, 0.3) is 0 Å². The molecule has 20 heavy (non-hydrogen) atoms. The van der Waals surface area contributed by atoms with E-state index in [-0.39, 0.29) is 12.5 Å². The molecule has 1 aromatic rings. The average Bonchev–Trinajstić information content (AvgIpc) is 2.49. The lowest BCUT2D eigenvalue weighted by Crippen LogP contribution is -2.22. The maximum atomic E-state index is 11.3. The molecule has 1 rings (SSSR count). The zero-order valence-corrected chi connectivity index (χ0v) is 11.6. The minimum Gasteiger partial charge on any atom is -0.493 e. The zero-order valence-electron chi connectivity index (χ0n) is 11.6. The van der Waals surface area contributed by atoms with Gasteiger partial charge in [-0.3, -0.25) is 4.79 Å². The van der Waals surface area contributed by atoms with Crippen LogP contribution >= 0.6 is 0 Å². The van der Waals surface area contributed by atoms with E-state index in [1.165, 1.54) is 0 Å². The Labute approximate surface area is 119 Å². The van der Waals surface area contributed by atoms with E-state index in [2.05, 4.69) is 23.7 Å². The number of para-hydroxylation sites is 2. The molecule has 0 saturated heterocycles. The van der Waals surface area contributed by atoms with Gasteiger partial charge < -0.3 is 14.8 Å². The van der Waals surface area contributed by atoms with Crippen LogP contribution in [0.3, 0.4) is 0 Å². The molecule has 1 aromatic carbocycles. The Balaban J connectivity index is 2.26. The van der Waals surface area contributed by atoms with Crippen molar-refractivity contribution in [3.05, 3.63) is 36.9 Å². The Morgan fingerprint density at radius 3 is 2.80 bits per heavy atom. The predicted octanol–water partition coefficient (Wildman–Crippen LogP) is 2.16. The van der Waals surface area contributed by atoms with Crippen LogP contribution in [0.1, 0.15) is 12.8 Å². The molecule has 0 fully saturated rings. The van der Waals surface area contributed by atoms with Gasteiger partial charge in [0.05, 0.1) is 13.7 Å². The van der Waals surface area contributed by atoms with Crippen molar-refractivity contribution in [2.75, 3.05) is 20.3 Å². The first-order valence-electron chi connectivity index (χ1n) is 6.37. The van der Waals surface area contributed by atoms with Crippen molar-refractivity contribution in [3.63, 3.8) is 0 Å². The highest BCUT2D eigenvalue weighted by atomic mass is 16.5. The maximum Gasteiger partial charge on any atom is 0.221 e. The third-order valence-electron chi connectivity index (χ3n) is 2.44. The topological polar surface area (TPSA) is 47.6 Å². The van der Waals surface area contributed by atoms with Crippen molar-refractivity contribution in [1.82, 2.24) is 5.32 Å². The number of amides is 1. The van der Waals surface area contributed by atoms with Crippen molar-refractivity contribution >= 4 is 5.91 Å². The van der Waals surface area contributed by atoms with E-state index in [1.54, 1.807) is 13.2 Å². The molecule has 1 amide bonds. The quantitative estimate of drug-likeness (QED) is 0.612. The molecular formula is C16H19NO3. The van der Waals surface area contributed by atoms with Crippen molar-refractivity contribution in [2.45, 2.75) is 12.8 Å². The fraction of sp³-hybridized carbons (Fsp3) is 0.312. The molecule has 4 nitrogen and oxygen atoms in total. The first-order chi connectivity index (χ1) is 9.77. The van der Waals surface area contributed by atoms with Gasteiger partial charge in [-0.1, -0.05) is 30.0 Å². The molecule has 0 aliphatic rings. The van der Waals surface area contributed by atoms with Gasteiger partial charge in [-0.2, -0.15) is 0 Å². The molecular weight excluding hydrogens is 254 g/mol. The highest BCUT2D eigenvalue weighted by molar-refractivity contribution is 5.76. The van der Waals surface area contributed by atoms with Gasteiger partial charge in [0.1, 0.15) is 6.61 Å². The Hall–Kier alpha value is -2.41. The van der Waals surface area contributed by atoms with Gasteiger partial charge in [-0.25, -0.2) is 0 Å². The Morgan fingerprint density at radius 2 is 2.10 bits per heavy atom. The average molecular weight is 273 g/mol. The van der Waals surface area contributed by atoms with Gasteiger partial charge in [0.25, 0.3) is 0 Å². The number of allylic oxidation sites excluding steroid dienone is 1. The summed E-state index contributed by atoms with van der Waals surface area (Å²) in [7, 11) is 1.59. The molecule has 0 atom stereocenters. The van der Waals surface area contributed by atoms with Crippen LogP contribution in [0, 0.1) is 11.8 Å². The van der Waals surface area contributed by atoms with Gasteiger partial charge in [-0.15, -0.1) is 6.58 Å². The van der Waals surface area contributed by atoms with Crippen molar-refractivity contribution < 1.29 is 14.3 Å². The highest BCUT2D eigenvalue weighted by Crippen LogP contribution is 2.25. The molecule has 0 saturated carbocycles. The third kappa shape index (κ3) is 5.96. The Morgan fingerprint density at radius 1 is 1.35 bits per heavy atom. The number of nitrogens with one attached hydrogen (secondary N) is 1. The molecule has 1 N–H and O–H groups in total. The summed E-state index contributed by atoms with van der Waals surface area (Å²) < 4.78 is 10.6. The highest BCUT2D eigenvalue weighted by Gasteiger charge is 2.00. The van der Waals surface area contributed by atoms with Crippen LogP contribution in [0.5, 0.6) is 11.5 Å². The SMILES string of the molecule is C=CCCC(=O)NCC#CCOc1ccccc1OC. The van der Waals surface area contributed by atoms with E-state index in [4.69, 9.17) is 9.47 Å². The summed E-state index contributed by atoms with van der Waals surface area (Å²) in [5.41, 5.74) is 0. The molecule has 0 radical (unpaired) electrons. The zero-order chi connectivity index (χ0) is 14.6. The van der Waals surface area contributed by atoms with Gasteiger partial charge in [0.2, 0.25) is 5.91 Å². The number of hydrogen-bond acceptors (Lipinski definition) is 3. The van der Waals surface area contributed by atoms with Gasteiger partial charge in [0.15, 0.2) is 11.5 Å². The number of ether oxygens (including phenoxy) is 2. The standard InChI is InChI=1S/C16H19NO3/c1-3-4-11-16(18)17-12-7-8-13-20-15-10-6-5-9-14(15)19-2/h3,5-6,9-10H,1,4,11-13H2,2H3,(H,17,18). The van der Waals surface area contributed by atoms with Gasteiger partial charge in [0, 0.05) is 6.42 Å². The number of carbonyl (C=O) groups excluding carboxylic acids is 1. The van der Waals surface area contributed by atoms with E-state index in [0.29, 0.717) is 30.9 Å². The number of hydrogen-bond donors (Lipinski definition) is 1. The molecule has 0 aliphatic carbocycles. The fourth-order valence-electron chi connectivity index (χ4n) is 1.43. The summed E-state index contributed by atoms with van der Waals surface area (Å²) in [5, 5.41) is 2.70. The van der Waals surface area contributed by atoms with Gasteiger partial charge in [-0.05, 0) is 18.6 Å². The van der Waals surface area contributed by atoms with Crippen LogP contribution in [0.15, 0.2) is 36.9 Å². The summed E-state index contributed by atoms with van der Waals surface area (Å²) in [6.07, 6.45) is 2.84. The van der Waals surface area contributed by atoms with E-state index < -0.39 is 0 Å². The summed E-state index contributed by atoms with van der Waals surface area (Å²) in [4.78, 5) is 11.3. The lowest BCUT2D eigenvalue weighted by molar-refractivity contribution is -0.120. The van der Waals surface area contributed by atoms with Crippen molar-refractivity contribution in [2.24, 2.45) is 0 Å². The number of carbonyl (C=O) groups is 1. The number of methoxy groups -OCH3 is 1. The molecule has 4 heteroatoms. The first-order valence-corrected chi connectivity index (χ1v) is 6.37. The van der Waals surface area contributed by atoms with Gasteiger partial charge >= 0.3 is 0 Å². The van der Waals surface area contributed by atoms with E-state index in [9.17, 15) is 4.79 Å². The van der Waals surface area contributed by atoms with Crippen LogP contribution in [-0.2, 0) is 4.79 Å². The normalized spacial score (nSPS) is 9.05. The third-order valence-corrected chi connectivity index (χ3v) is 2.44. The van der Waals surface area contributed by atoms with E-state index in [0.717, 1.165) is 0 Å². The molecule has 0 aliphatic heterocycles. The predicted molar refractivity (Wildman–Crippen MR) is 78.7 cm³/mol. The largest absolute Gasteiger partial charge is 0.493 e. The summed E-state index contributed by atoms with van der Waals surface area (Å²) in [6.45, 7) is 4.14. The second kappa shape index (κ2) is 9.51. The van der Waals surface area contributed by atoms with Crippen LogP contribution in [0.2, 0.25) is 0 Å². The molecule has 0 bridgehead atoms. The summed E-state index contributed by atoms with van der Waals surface area (Å²) in [5.74, 6) is 6.96. The summed E-state index contributed by atoms with van der Waals surface area (Å²) >= 11 is 0. The van der Waals surface area contributed by atoms with Crippen LogP contribution in [-0.4, -0.2) is 26.2 Å². The van der Waals surface area contributed by atoms with E-state index in [1.807, 2.05) is 24.3 Å².